The highest BCUT2D eigenvalue weighted by Crippen LogP contribution is 2.23. The van der Waals surface area contributed by atoms with Gasteiger partial charge in [0.2, 0.25) is 5.91 Å². The third kappa shape index (κ3) is 2.53. The van der Waals surface area contributed by atoms with Gasteiger partial charge in [-0.05, 0) is 43.7 Å². The van der Waals surface area contributed by atoms with E-state index in [4.69, 9.17) is 0 Å². The van der Waals surface area contributed by atoms with Gasteiger partial charge in [0.15, 0.2) is 0 Å². The van der Waals surface area contributed by atoms with Crippen molar-refractivity contribution in [3.63, 3.8) is 0 Å². The van der Waals surface area contributed by atoms with Gasteiger partial charge in [-0.15, -0.1) is 0 Å². The Balaban J connectivity index is 1.72. The minimum absolute atomic E-state index is 0.0647. The molecule has 0 spiro atoms. The molecule has 0 radical (unpaired) electrons. The number of imide groups is 1. The van der Waals surface area contributed by atoms with Crippen LogP contribution in [0.3, 0.4) is 0 Å². The number of allylic oxidation sites excluding steroid dienone is 1. The van der Waals surface area contributed by atoms with E-state index in [-0.39, 0.29) is 11.8 Å². The second kappa shape index (κ2) is 5.61. The number of hydrogen-bond donors (Lipinski definition) is 0. The Labute approximate surface area is 119 Å². The predicted molar refractivity (Wildman–Crippen MR) is 77.4 cm³/mol. The van der Waals surface area contributed by atoms with Crippen molar-refractivity contribution in [2.45, 2.75) is 38.5 Å². The van der Waals surface area contributed by atoms with E-state index in [0.29, 0.717) is 18.5 Å². The summed E-state index contributed by atoms with van der Waals surface area (Å²) in [4.78, 5) is 25.9. The zero-order chi connectivity index (χ0) is 13.9. The molecule has 0 aromatic heterocycles. The number of nitrogens with zero attached hydrogens (tertiary/aromatic N) is 1. The molecule has 1 aromatic rings. The number of hydrogen-bond acceptors (Lipinski definition) is 2. The van der Waals surface area contributed by atoms with Gasteiger partial charge in [-0.3, -0.25) is 14.5 Å². The van der Waals surface area contributed by atoms with Crippen molar-refractivity contribution in [2.75, 3.05) is 6.54 Å². The van der Waals surface area contributed by atoms with Gasteiger partial charge >= 0.3 is 0 Å². The van der Waals surface area contributed by atoms with Crippen LogP contribution in [0, 0.1) is 0 Å². The van der Waals surface area contributed by atoms with E-state index in [9.17, 15) is 9.59 Å². The summed E-state index contributed by atoms with van der Waals surface area (Å²) in [7, 11) is 0. The summed E-state index contributed by atoms with van der Waals surface area (Å²) < 4.78 is 0. The molecule has 0 N–H and O–H groups in total. The van der Waals surface area contributed by atoms with Crippen LogP contribution in [0.4, 0.5) is 0 Å². The summed E-state index contributed by atoms with van der Waals surface area (Å²) in [6, 6.07) is 7.42. The van der Waals surface area contributed by atoms with E-state index in [1.807, 2.05) is 24.3 Å². The molecule has 3 nitrogen and oxygen atoms in total. The third-order valence-electron chi connectivity index (χ3n) is 4.18. The highest BCUT2D eigenvalue weighted by molar-refractivity contribution is 6.09. The highest BCUT2D eigenvalue weighted by Gasteiger charge is 2.30. The van der Waals surface area contributed by atoms with Gasteiger partial charge < -0.3 is 0 Å². The summed E-state index contributed by atoms with van der Waals surface area (Å²) >= 11 is 0. The molecule has 0 saturated carbocycles. The van der Waals surface area contributed by atoms with E-state index in [0.717, 1.165) is 24.8 Å². The molecule has 1 aliphatic carbocycles. The van der Waals surface area contributed by atoms with Crippen LogP contribution in [-0.4, -0.2) is 23.3 Å². The van der Waals surface area contributed by atoms with Crippen molar-refractivity contribution >= 4 is 11.8 Å². The fourth-order valence-electron chi connectivity index (χ4n) is 3.01. The first-order valence-corrected chi connectivity index (χ1v) is 7.36. The Morgan fingerprint density at radius 1 is 1.10 bits per heavy atom. The number of amides is 2. The molecule has 104 valence electrons. The van der Waals surface area contributed by atoms with Gasteiger partial charge in [0, 0.05) is 12.1 Å². The quantitative estimate of drug-likeness (QED) is 0.624. The van der Waals surface area contributed by atoms with Crippen LogP contribution in [0.15, 0.2) is 35.9 Å². The van der Waals surface area contributed by atoms with E-state index in [1.54, 1.807) is 0 Å². The Hall–Kier alpha value is -1.90. The molecular formula is C17H19NO2. The van der Waals surface area contributed by atoms with E-state index < -0.39 is 0 Å². The molecule has 0 bridgehead atoms. The Kier molecular flexibility index (Phi) is 3.68. The number of benzene rings is 1. The maximum Gasteiger partial charge on any atom is 0.260 e. The molecule has 1 aromatic carbocycles. The first-order valence-electron chi connectivity index (χ1n) is 7.36. The minimum Gasteiger partial charge on any atom is -0.278 e. The lowest BCUT2D eigenvalue weighted by atomic mass is 9.95. The average Bonchev–Trinajstić information content (AvgIpc) is 2.48. The summed E-state index contributed by atoms with van der Waals surface area (Å²) in [6.07, 6.45) is 8.21. The normalized spacial score (nSPS) is 18.8. The van der Waals surface area contributed by atoms with Crippen LogP contribution < -0.4 is 0 Å². The molecule has 20 heavy (non-hydrogen) atoms. The zero-order valence-electron chi connectivity index (χ0n) is 11.6. The molecule has 3 rings (SSSR count). The van der Waals surface area contributed by atoms with Crippen LogP contribution >= 0.6 is 0 Å². The summed E-state index contributed by atoms with van der Waals surface area (Å²) in [5, 5.41) is 0. The summed E-state index contributed by atoms with van der Waals surface area (Å²) in [5.41, 5.74) is 2.94. The van der Waals surface area contributed by atoms with Gasteiger partial charge in [0.05, 0.1) is 6.42 Å². The molecule has 3 heteroatoms. The van der Waals surface area contributed by atoms with Gasteiger partial charge in [0.25, 0.3) is 5.91 Å². The summed E-state index contributed by atoms with van der Waals surface area (Å²) in [5.74, 6) is -0.196. The monoisotopic (exact) mass is 269 g/mol. The molecule has 0 unspecified atom stereocenters. The van der Waals surface area contributed by atoms with Crippen LogP contribution in [0.25, 0.3) is 0 Å². The molecule has 0 saturated heterocycles. The number of carbonyl (C=O) groups is 2. The van der Waals surface area contributed by atoms with Crippen molar-refractivity contribution in [1.29, 1.82) is 0 Å². The zero-order valence-corrected chi connectivity index (χ0v) is 11.6. The topological polar surface area (TPSA) is 37.4 Å². The smallest absolute Gasteiger partial charge is 0.260 e. The predicted octanol–water partition coefficient (Wildman–Crippen LogP) is 3.10. The van der Waals surface area contributed by atoms with E-state index in [1.165, 1.54) is 23.3 Å². The molecule has 1 heterocycles. The van der Waals surface area contributed by atoms with E-state index in [2.05, 4.69) is 6.08 Å². The second-order valence-corrected chi connectivity index (χ2v) is 5.54. The fourth-order valence-corrected chi connectivity index (χ4v) is 3.01. The maximum atomic E-state index is 12.4. The molecule has 0 atom stereocenters. The van der Waals surface area contributed by atoms with Crippen molar-refractivity contribution in [3.8, 4) is 0 Å². The molecular weight excluding hydrogens is 250 g/mol. The van der Waals surface area contributed by atoms with Crippen LogP contribution in [-0.2, 0) is 11.2 Å². The first-order chi connectivity index (χ1) is 9.75. The lowest BCUT2D eigenvalue weighted by Gasteiger charge is -2.27. The molecule has 1 aliphatic heterocycles. The van der Waals surface area contributed by atoms with E-state index >= 15 is 0 Å². The molecule has 2 aliphatic rings. The van der Waals surface area contributed by atoms with Gasteiger partial charge in [0.1, 0.15) is 0 Å². The van der Waals surface area contributed by atoms with Gasteiger partial charge in [-0.2, -0.15) is 0 Å². The van der Waals surface area contributed by atoms with Crippen molar-refractivity contribution in [3.05, 3.63) is 47.0 Å². The highest BCUT2D eigenvalue weighted by atomic mass is 16.2. The van der Waals surface area contributed by atoms with Crippen molar-refractivity contribution < 1.29 is 9.59 Å². The third-order valence-corrected chi connectivity index (χ3v) is 4.18. The Morgan fingerprint density at radius 2 is 1.95 bits per heavy atom. The molecule has 0 fully saturated rings. The Morgan fingerprint density at radius 3 is 2.75 bits per heavy atom. The van der Waals surface area contributed by atoms with Crippen LogP contribution in [0.1, 0.15) is 48.0 Å². The van der Waals surface area contributed by atoms with Crippen LogP contribution in [0.5, 0.6) is 0 Å². The largest absolute Gasteiger partial charge is 0.278 e. The summed E-state index contributed by atoms with van der Waals surface area (Å²) in [6.45, 7) is 0.526. The van der Waals surface area contributed by atoms with Crippen molar-refractivity contribution in [1.82, 2.24) is 4.90 Å². The van der Waals surface area contributed by atoms with Gasteiger partial charge in [-0.25, -0.2) is 0 Å². The Bertz CT molecular complexity index is 574. The second-order valence-electron chi connectivity index (χ2n) is 5.54. The minimum atomic E-state index is -0.131. The fraction of sp³-hybridized carbons (Fsp3) is 0.412. The van der Waals surface area contributed by atoms with Crippen LogP contribution in [0.2, 0.25) is 0 Å². The first kappa shape index (κ1) is 13.1. The number of carbonyl (C=O) groups excluding carboxylic acids is 2. The standard InChI is InChI=1S/C17H19NO2/c19-16-12-14-8-4-5-9-15(14)17(20)18(16)11-10-13-6-2-1-3-7-13/h4-6,8-9H,1-3,7,10-12H2. The maximum absolute atomic E-state index is 12.4. The lowest BCUT2D eigenvalue weighted by Crippen LogP contribution is -2.42. The number of fused-ring (bicyclic) bond motifs is 1. The average molecular weight is 269 g/mol. The SMILES string of the molecule is O=C1Cc2ccccc2C(=O)N1CCC1=CCCCC1. The lowest BCUT2D eigenvalue weighted by molar-refractivity contribution is -0.128. The van der Waals surface area contributed by atoms with Crippen molar-refractivity contribution in [2.24, 2.45) is 0 Å². The van der Waals surface area contributed by atoms with Gasteiger partial charge in [-0.1, -0.05) is 29.8 Å². The number of rotatable bonds is 3. The molecule has 2 amide bonds.